The molecule has 0 radical (unpaired) electrons. The zero-order valence-corrected chi connectivity index (χ0v) is 11.8. The minimum absolute atomic E-state index is 0.628. The van der Waals surface area contributed by atoms with E-state index in [-0.39, 0.29) is 0 Å². The molecule has 18 heavy (non-hydrogen) atoms. The van der Waals surface area contributed by atoms with Crippen LogP contribution in [0.25, 0.3) is 0 Å². The molecule has 0 aliphatic carbocycles. The molecule has 1 heterocycles. The molecule has 1 aromatic carbocycles. The van der Waals surface area contributed by atoms with Crippen LogP contribution in [0.4, 0.5) is 0 Å². The number of nitrogens with one attached hydrogen (secondary N) is 1. The highest BCUT2D eigenvalue weighted by molar-refractivity contribution is 5.28. The lowest BCUT2D eigenvalue weighted by Crippen LogP contribution is -2.40. The van der Waals surface area contributed by atoms with Gasteiger partial charge in [0.05, 0.1) is 0 Å². The van der Waals surface area contributed by atoms with Gasteiger partial charge in [0.25, 0.3) is 0 Å². The minimum Gasteiger partial charge on any atom is -0.315 e. The Labute approximate surface area is 111 Å². The smallest absolute Gasteiger partial charge is 0.0239 e. The van der Waals surface area contributed by atoms with Crippen LogP contribution in [0.2, 0.25) is 0 Å². The van der Waals surface area contributed by atoms with Gasteiger partial charge < -0.3 is 5.32 Å². The van der Waals surface area contributed by atoms with Crippen LogP contribution in [-0.2, 0) is 13.0 Å². The van der Waals surface area contributed by atoms with Crippen LogP contribution < -0.4 is 5.32 Å². The van der Waals surface area contributed by atoms with Crippen molar-refractivity contribution in [1.82, 2.24) is 10.2 Å². The normalized spacial score (nSPS) is 18.1. The lowest BCUT2D eigenvalue weighted by atomic mass is 10.0. The van der Waals surface area contributed by atoms with Crippen molar-refractivity contribution in [2.45, 2.75) is 45.7 Å². The van der Waals surface area contributed by atoms with E-state index in [1.54, 1.807) is 5.56 Å². The van der Waals surface area contributed by atoms with Gasteiger partial charge in [0.1, 0.15) is 0 Å². The molecule has 0 amide bonds. The summed E-state index contributed by atoms with van der Waals surface area (Å²) in [6, 6.07) is 9.55. The monoisotopic (exact) mass is 246 g/mol. The third-order valence-electron chi connectivity index (χ3n) is 3.87. The van der Waals surface area contributed by atoms with Gasteiger partial charge in [-0.3, -0.25) is 4.90 Å². The van der Waals surface area contributed by atoms with Crippen LogP contribution in [0.1, 0.15) is 37.8 Å². The minimum atomic E-state index is 0.628. The van der Waals surface area contributed by atoms with Crippen LogP contribution in [-0.4, -0.2) is 30.6 Å². The quantitative estimate of drug-likeness (QED) is 0.804. The number of rotatable bonds is 5. The van der Waals surface area contributed by atoms with Crippen molar-refractivity contribution in [3.05, 3.63) is 35.4 Å². The van der Waals surface area contributed by atoms with Gasteiger partial charge in [-0.05, 0) is 50.4 Å². The van der Waals surface area contributed by atoms with Crippen molar-refractivity contribution in [3.63, 3.8) is 0 Å². The van der Waals surface area contributed by atoms with Crippen molar-refractivity contribution in [3.8, 4) is 0 Å². The predicted octanol–water partition coefficient (Wildman–Crippen LogP) is 2.82. The van der Waals surface area contributed by atoms with Crippen LogP contribution in [0.15, 0.2) is 24.3 Å². The Morgan fingerprint density at radius 2 is 2.06 bits per heavy atom. The largest absolute Gasteiger partial charge is 0.315 e. The summed E-state index contributed by atoms with van der Waals surface area (Å²) in [5.74, 6) is 0. The molecule has 1 unspecified atom stereocenters. The van der Waals surface area contributed by atoms with Crippen LogP contribution in [0, 0.1) is 0 Å². The van der Waals surface area contributed by atoms with Gasteiger partial charge in [-0.15, -0.1) is 0 Å². The van der Waals surface area contributed by atoms with Gasteiger partial charge in [-0.2, -0.15) is 0 Å². The molecule has 1 aromatic rings. The Kier molecular flexibility index (Phi) is 5.21. The number of hydrogen-bond donors (Lipinski definition) is 1. The fourth-order valence-corrected chi connectivity index (χ4v) is 2.72. The van der Waals surface area contributed by atoms with Crippen molar-refractivity contribution in [2.75, 3.05) is 19.6 Å². The lowest BCUT2D eigenvalue weighted by molar-refractivity contribution is 0.199. The molecule has 0 saturated carbocycles. The molecule has 1 aliphatic rings. The maximum atomic E-state index is 3.53. The highest BCUT2D eigenvalue weighted by Crippen LogP contribution is 2.19. The van der Waals surface area contributed by atoms with E-state index in [0.29, 0.717) is 6.04 Å². The van der Waals surface area contributed by atoms with Gasteiger partial charge in [0, 0.05) is 19.1 Å². The highest BCUT2D eigenvalue weighted by atomic mass is 15.2. The molecule has 0 aromatic heterocycles. The first-order valence-corrected chi connectivity index (χ1v) is 7.32. The fourth-order valence-electron chi connectivity index (χ4n) is 2.72. The fraction of sp³-hybridized carbons (Fsp3) is 0.625. The van der Waals surface area contributed by atoms with Gasteiger partial charge in [0.2, 0.25) is 0 Å². The average molecular weight is 246 g/mol. The van der Waals surface area contributed by atoms with Gasteiger partial charge in [0.15, 0.2) is 0 Å². The van der Waals surface area contributed by atoms with Gasteiger partial charge >= 0.3 is 0 Å². The third-order valence-corrected chi connectivity index (χ3v) is 3.87. The Morgan fingerprint density at radius 1 is 1.28 bits per heavy atom. The van der Waals surface area contributed by atoms with E-state index in [0.717, 1.165) is 19.6 Å². The van der Waals surface area contributed by atoms with Gasteiger partial charge in [-0.1, -0.05) is 31.2 Å². The molecule has 100 valence electrons. The molecule has 1 aliphatic heterocycles. The zero-order valence-electron chi connectivity index (χ0n) is 11.8. The summed E-state index contributed by atoms with van der Waals surface area (Å²) in [6.45, 7) is 9.15. The summed E-state index contributed by atoms with van der Waals surface area (Å²) in [7, 11) is 0. The summed E-state index contributed by atoms with van der Waals surface area (Å²) in [4.78, 5) is 2.62. The van der Waals surface area contributed by atoms with Crippen molar-refractivity contribution < 1.29 is 0 Å². The second-order valence-electron chi connectivity index (χ2n) is 5.40. The summed E-state index contributed by atoms with van der Waals surface area (Å²) < 4.78 is 0. The molecule has 1 atom stereocenters. The average Bonchev–Trinajstić information content (AvgIpc) is 2.61. The molecule has 0 saturated heterocycles. The van der Waals surface area contributed by atoms with E-state index in [1.807, 2.05) is 0 Å². The molecule has 0 bridgehead atoms. The van der Waals surface area contributed by atoms with Crippen LogP contribution in [0.5, 0.6) is 0 Å². The van der Waals surface area contributed by atoms with E-state index in [9.17, 15) is 0 Å². The number of hydrogen-bond acceptors (Lipinski definition) is 2. The predicted molar refractivity (Wildman–Crippen MR) is 77.8 cm³/mol. The molecule has 2 rings (SSSR count). The topological polar surface area (TPSA) is 15.3 Å². The Balaban J connectivity index is 1.94. The first-order chi connectivity index (χ1) is 8.81. The first-order valence-electron chi connectivity index (χ1n) is 7.32. The van der Waals surface area contributed by atoms with Crippen LogP contribution >= 0.6 is 0 Å². The Morgan fingerprint density at radius 3 is 2.83 bits per heavy atom. The second kappa shape index (κ2) is 6.91. The maximum Gasteiger partial charge on any atom is 0.0239 e. The van der Waals surface area contributed by atoms with Crippen LogP contribution in [0.3, 0.4) is 0 Å². The van der Waals surface area contributed by atoms with Gasteiger partial charge in [-0.25, -0.2) is 0 Å². The maximum absolute atomic E-state index is 3.53. The molecule has 2 heteroatoms. The summed E-state index contributed by atoms with van der Waals surface area (Å²) >= 11 is 0. The SMILES string of the molecule is CCCNCC(C)N1CCCc2ccccc2C1. The van der Waals surface area contributed by atoms with Crippen molar-refractivity contribution >= 4 is 0 Å². The number of nitrogens with zero attached hydrogens (tertiary/aromatic N) is 1. The van der Waals surface area contributed by atoms with Crippen molar-refractivity contribution in [2.24, 2.45) is 0 Å². The zero-order chi connectivity index (χ0) is 12.8. The summed E-state index contributed by atoms with van der Waals surface area (Å²) in [6.07, 6.45) is 3.74. The number of benzene rings is 1. The second-order valence-corrected chi connectivity index (χ2v) is 5.40. The standard InChI is InChI=1S/C16H26N2/c1-3-10-17-12-14(2)18-11-6-9-15-7-4-5-8-16(15)13-18/h4-5,7-8,14,17H,3,6,9-13H2,1-2H3. The highest BCUT2D eigenvalue weighted by Gasteiger charge is 2.18. The Hall–Kier alpha value is -0.860. The molecule has 0 fully saturated rings. The van der Waals surface area contributed by atoms with Crippen molar-refractivity contribution in [1.29, 1.82) is 0 Å². The molecule has 2 nitrogen and oxygen atoms in total. The summed E-state index contributed by atoms with van der Waals surface area (Å²) in [5, 5.41) is 3.53. The first kappa shape index (κ1) is 13.6. The Bertz CT molecular complexity index is 362. The van der Waals surface area contributed by atoms with E-state index >= 15 is 0 Å². The van der Waals surface area contributed by atoms with E-state index in [2.05, 4.69) is 48.3 Å². The van der Waals surface area contributed by atoms with E-state index in [1.165, 1.54) is 31.4 Å². The van der Waals surface area contributed by atoms with E-state index < -0.39 is 0 Å². The number of aryl methyl sites for hydroxylation is 1. The molecule has 1 N–H and O–H groups in total. The molecular formula is C16H26N2. The lowest BCUT2D eigenvalue weighted by Gasteiger charge is -2.28. The molecular weight excluding hydrogens is 220 g/mol. The molecule has 0 spiro atoms. The third kappa shape index (κ3) is 3.56. The number of fused-ring (bicyclic) bond motifs is 1. The summed E-state index contributed by atoms with van der Waals surface area (Å²) in [5.41, 5.74) is 3.08. The van der Waals surface area contributed by atoms with E-state index in [4.69, 9.17) is 0 Å².